The summed E-state index contributed by atoms with van der Waals surface area (Å²) >= 11 is 0. The van der Waals surface area contributed by atoms with Gasteiger partial charge in [-0.05, 0) is 0 Å². The van der Waals surface area contributed by atoms with Gasteiger partial charge < -0.3 is 16.8 Å². The van der Waals surface area contributed by atoms with Gasteiger partial charge in [-0.3, -0.25) is 9.59 Å². The van der Waals surface area contributed by atoms with Crippen LogP contribution >= 0.6 is 0 Å². The minimum atomic E-state index is -0.977. The van der Waals surface area contributed by atoms with Gasteiger partial charge in [0.1, 0.15) is 5.84 Å². The van der Waals surface area contributed by atoms with Crippen LogP contribution in [-0.4, -0.2) is 30.2 Å². The largest absolute Gasteiger partial charge is 0.385 e. The highest BCUT2D eigenvalue weighted by atomic mass is 16.2. The first-order chi connectivity index (χ1) is 5.65. The van der Waals surface area contributed by atoms with Crippen LogP contribution in [0.4, 0.5) is 0 Å². The number of hydrogen-bond donors (Lipinski definition) is 3. The number of nitrogens with two attached hydrogens (primary N) is 2. The number of rotatable bonds is 2. The molecule has 0 saturated carbocycles. The molecule has 1 heterocycles. The molecule has 0 spiro atoms. The van der Waals surface area contributed by atoms with Gasteiger partial charge in [-0.25, -0.2) is 0 Å². The number of carbonyl (C=O) groups excluding carboxylic acids is 2. The fourth-order valence-electron chi connectivity index (χ4n) is 0.750. The number of nitrogens with zero attached hydrogens (tertiary/aromatic N) is 2. The van der Waals surface area contributed by atoms with Crippen LogP contribution in [0.25, 0.3) is 0 Å². The lowest BCUT2D eigenvalue weighted by Gasteiger charge is -2.14. The van der Waals surface area contributed by atoms with Crippen LogP contribution in [0.3, 0.4) is 0 Å². The number of carbonyl (C=O) groups is 2. The van der Waals surface area contributed by atoms with E-state index < -0.39 is 11.9 Å². The predicted molar refractivity (Wildman–Crippen MR) is 41.2 cm³/mol. The summed E-state index contributed by atoms with van der Waals surface area (Å²) in [4.78, 5) is 27.8. The van der Waals surface area contributed by atoms with Gasteiger partial charge in [-0.1, -0.05) is 0 Å². The molecule has 5 N–H and O–H groups in total. The Bertz CT molecular complexity index is 282. The zero-order valence-electron chi connectivity index (χ0n) is 6.02. The minimum absolute atomic E-state index is 0.0559. The molecule has 7 heteroatoms. The van der Waals surface area contributed by atoms with E-state index >= 15 is 0 Å². The second-order valence-electron chi connectivity index (χ2n) is 2.06. The number of nitrogens with one attached hydrogen (secondary N) is 1. The van der Waals surface area contributed by atoms with E-state index in [9.17, 15) is 9.59 Å². The first-order valence-electron chi connectivity index (χ1n) is 3.07. The summed E-state index contributed by atoms with van der Waals surface area (Å²) in [5.74, 6) is -0.867. The van der Waals surface area contributed by atoms with E-state index in [1.807, 2.05) is 0 Å². The lowest BCUT2D eigenvalue weighted by atomic mass is 10.2. The maximum absolute atomic E-state index is 11.0. The highest BCUT2D eigenvalue weighted by molar-refractivity contribution is 6.17. The van der Waals surface area contributed by atoms with E-state index in [1.165, 1.54) is 0 Å². The molecule has 0 aliphatic carbocycles. The van der Waals surface area contributed by atoms with E-state index in [-0.39, 0.29) is 11.8 Å². The predicted octanol–water partition coefficient (Wildman–Crippen LogP) is -2.69. The van der Waals surface area contributed by atoms with Gasteiger partial charge in [0.2, 0.25) is 12.4 Å². The van der Waals surface area contributed by atoms with Gasteiger partial charge in [0.05, 0.1) is 0 Å². The van der Waals surface area contributed by atoms with Crippen molar-refractivity contribution in [3.05, 3.63) is 0 Å². The van der Waals surface area contributed by atoms with Crippen molar-refractivity contribution in [2.75, 3.05) is 0 Å². The molecule has 0 aromatic rings. The van der Waals surface area contributed by atoms with Gasteiger partial charge in [-0.15, -0.1) is 0 Å². The van der Waals surface area contributed by atoms with Crippen molar-refractivity contribution in [3.8, 4) is 0 Å². The SMILES string of the molecule is NC1=NC(=O)C(NC=O)C(N)=N1. The molecule has 1 rings (SSSR count). The monoisotopic (exact) mass is 169 g/mol. The smallest absolute Gasteiger partial charge is 0.279 e. The summed E-state index contributed by atoms with van der Waals surface area (Å²) in [7, 11) is 0. The number of aliphatic imine (C=N–C) groups is 2. The fraction of sp³-hybridized carbons (Fsp3) is 0.200. The first kappa shape index (κ1) is 8.18. The van der Waals surface area contributed by atoms with E-state index in [0.29, 0.717) is 6.41 Å². The highest BCUT2D eigenvalue weighted by Gasteiger charge is 2.25. The van der Waals surface area contributed by atoms with E-state index in [2.05, 4.69) is 15.3 Å². The zero-order chi connectivity index (χ0) is 9.14. The molecular weight excluding hydrogens is 162 g/mol. The first-order valence-corrected chi connectivity index (χ1v) is 3.07. The maximum Gasteiger partial charge on any atom is 0.279 e. The summed E-state index contributed by atoms with van der Waals surface area (Å²) in [6.07, 6.45) is 0.349. The third-order valence-electron chi connectivity index (χ3n) is 1.25. The fourth-order valence-corrected chi connectivity index (χ4v) is 0.750. The molecule has 1 aliphatic heterocycles. The Labute approximate surface area is 67.5 Å². The summed E-state index contributed by atoms with van der Waals surface area (Å²) < 4.78 is 0. The quantitative estimate of drug-likeness (QED) is 0.389. The lowest BCUT2D eigenvalue weighted by molar-refractivity contribution is -0.120. The Kier molecular flexibility index (Phi) is 2.04. The van der Waals surface area contributed by atoms with Crippen LogP contribution in [0.1, 0.15) is 0 Å². The van der Waals surface area contributed by atoms with E-state index in [4.69, 9.17) is 11.5 Å². The van der Waals surface area contributed by atoms with Crippen molar-refractivity contribution in [1.29, 1.82) is 0 Å². The van der Waals surface area contributed by atoms with Gasteiger partial charge in [-0.2, -0.15) is 9.98 Å². The van der Waals surface area contributed by atoms with Crippen molar-refractivity contribution in [2.24, 2.45) is 21.5 Å². The van der Waals surface area contributed by atoms with E-state index in [1.54, 1.807) is 0 Å². The van der Waals surface area contributed by atoms with Crippen LogP contribution in [0.5, 0.6) is 0 Å². The van der Waals surface area contributed by atoms with Crippen molar-refractivity contribution >= 4 is 24.1 Å². The van der Waals surface area contributed by atoms with Crippen molar-refractivity contribution < 1.29 is 9.59 Å². The second-order valence-corrected chi connectivity index (χ2v) is 2.06. The molecule has 0 fully saturated rings. The molecule has 2 amide bonds. The molecule has 12 heavy (non-hydrogen) atoms. The van der Waals surface area contributed by atoms with Gasteiger partial charge in [0.25, 0.3) is 5.91 Å². The second kappa shape index (κ2) is 2.99. The molecule has 0 aromatic carbocycles. The number of amidine groups is 1. The molecule has 1 atom stereocenters. The minimum Gasteiger partial charge on any atom is -0.385 e. The van der Waals surface area contributed by atoms with Crippen molar-refractivity contribution in [2.45, 2.75) is 6.04 Å². The average Bonchev–Trinajstić information content (AvgIpc) is 1.96. The molecular formula is C5H7N5O2. The molecule has 64 valence electrons. The summed E-state index contributed by atoms with van der Waals surface area (Å²) in [6.45, 7) is 0. The molecule has 0 radical (unpaired) electrons. The Morgan fingerprint density at radius 2 is 2.08 bits per heavy atom. The maximum atomic E-state index is 11.0. The van der Waals surface area contributed by atoms with Crippen LogP contribution in [0.2, 0.25) is 0 Å². The topological polar surface area (TPSA) is 123 Å². The summed E-state index contributed by atoms with van der Waals surface area (Å²) in [5, 5.41) is 2.16. The molecule has 7 nitrogen and oxygen atoms in total. The standard InChI is InChI=1S/C5H7N5O2/c6-3-2(8-1-11)4(12)10-5(7)9-3/h1-2H,(H,8,11)(H4,6,7,9,10,12). The normalized spacial score (nSPS) is 22.7. The molecule has 1 unspecified atom stereocenters. The third-order valence-corrected chi connectivity index (χ3v) is 1.25. The number of guanidine groups is 1. The molecule has 0 bridgehead atoms. The van der Waals surface area contributed by atoms with Crippen LogP contribution < -0.4 is 16.8 Å². The zero-order valence-corrected chi connectivity index (χ0v) is 6.02. The van der Waals surface area contributed by atoms with Gasteiger partial charge in [0, 0.05) is 0 Å². The number of hydrogen-bond acceptors (Lipinski definition) is 5. The number of amides is 2. The summed E-state index contributed by atoms with van der Waals surface area (Å²) in [5.41, 5.74) is 10.4. The summed E-state index contributed by atoms with van der Waals surface area (Å²) in [6, 6.07) is -0.977. The Hall–Kier alpha value is -1.92. The van der Waals surface area contributed by atoms with Crippen LogP contribution in [0, 0.1) is 0 Å². The lowest BCUT2D eigenvalue weighted by Crippen LogP contribution is -2.49. The molecule has 0 aromatic heterocycles. The molecule has 0 saturated heterocycles. The van der Waals surface area contributed by atoms with Crippen molar-refractivity contribution in [3.63, 3.8) is 0 Å². The van der Waals surface area contributed by atoms with Crippen LogP contribution in [-0.2, 0) is 9.59 Å². The van der Waals surface area contributed by atoms with Crippen molar-refractivity contribution in [1.82, 2.24) is 5.32 Å². The Morgan fingerprint density at radius 1 is 1.42 bits per heavy atom. The van der Waals surface area contributed by atoms with Gasteiger partial charge in [0.15, 0.2) is 6.04 Å². The van der Waals surface area contributed by atoms with Crippen LogP contribution in [0.15, 0.2) is 9.98 Å². The highest BCUT2D eigenvalue weighted by Crippen LogP contribution is 1.95. The average molecular weight is 169 g/mol. The molecule has 1 aliphatic rings. The van der Waals surface area contributed by atoms with E-state index in [0.717, 1.165) is 0 Å². The Balaban J connectivity index is 2.86. The third kappa shape index (κ3) is 1.39. The van der Waals surface area contributed by atoms with Gasteiger partial charge >= 0.3 is 0 Å². The Morgan fingerprint density at radius 3 is 2.58 bits per heavy atom.